The van der Waals surface area contributed by atoms with Crippen molar-refractivity contribution in [3.63, 3.8) is 0 Å². The second kappa shape index (κ2) is 11.0. The number of hydrogen-bond donors (Lipinski definition) is 1. The SMILES string of the molecule is O=C(Nc1cccc(-c2ccnc3cc(-c4ccncc4)nn23)c1)c1cccc(C[n+]2ccccc2)c1.[Cl-]. The number of anilines is 1. The third-order valence-electron chi connectivity index (χ3n) is 6.08. The average Bonchev–Trinajstić information content (AvgIpc) is 3.39. The second-order valence-electron chi connectivity index (χ2n) is 8.65. The molecule has 0 aliphatic rings. The number of carbonyl (C=O) groups is 1. The smallest absolute Gasteiger partial charge is 0.255 e. The summed E-state index contributed by atoms with van der Waals surface area (Å²) >= 11 is 0. The van der Waals surface area contributed by atoms with E-state index in [1.165, 1.54) is 0 Å². The van der Waals surface area contributed by atoms with Gasteiger partial charge in [-0.15, -0.1) is 0 Å². The standard InChI is InChI=1S/C30H22N6O.ClH/c37-30(25-8-4-6-22(18-25)21-35-16-2-1-3-17-35)33-26-9-5-7-24(19-26)28-12-15-32-29-20-27(34-36(28)29)23-10-13-31-14-11-23;/h1-20H,21H2;1H. The summed E-state index contributed by atoms with van der Waals surface area (Å²) in [4.78, 5) is 21.6. The number of carbonyl (C=O) groups excluding carboxylic acids is 1. The van der Waals surface area contributed by atoms with Gasteiger partial charge in [0.2, 0.25) is 0 Å². The predicted octanol–water partition coefficient (Wildman–Crippen LogP) is 2.05. The maximum Gasteiger partial charge on any atom is 0.255 e. The summed E-state index contributed by atoms with van der Waals surface area (Å²) in [6.45, 7) is 0.695. The van der Waals surface area contributed by atoms with Crippen molar-refractivity contribution in [3.8, 4) is 22.5 Å². The minimum atomic E-state index is -0.156. The molecule has 1 amide bonds. The average molecular weight is 519 g/mol. The highest BCUT2D eigenvalue weighted by molar-refractivity contribution is 6.04. The van der Waals surface area contributed by atoms with Crippen LogP contribution in [0.3, 0.4) is 0 Å². The van der Waals surface area contributed by atoms with Crippen molar-refractivity contribution in [2.75, 3.05) is 5.32 Å². The molecule has 8 heteroatoms. The van der Waals surface area contributed by atoms with Gasteiger partial charge in [-0.05, 0) is 42.5 Å². The third-order valence-corrected chi connectivity index (χ3v) is 6.08. The van der Waals surface area contributed by atoms with E-state index in [9.17, 15) is 4.79 Å². The molecule has 7 nitrogen and oxygen atoms in total. The molecule has 0 atom stereocenters. The summed E-state index contributed by atoms with van der Waals surface area (Å²) in [5.74, 6) is -0.156. The number of rotatable bonds is 6. The largest absolute Gasteiger partial charge is 1.00 e. The van der Waals surface area contributed by atoms with Gasteiger partial charge in [0.25, 0.3) is 5.91 Å². The number of fused-ring (bicyclic) bond motifs is 1. The van der Waals surface area contributed by atoms with Crippen LogP contribution < -0.4 is 22.3 Å². The predicted molar refractivity (Wildman–Crippen MR) is 142 cm³/mol. The summed E-state index contributed by atoms with van der Waals surface area (Å²) in [7, 11) is 0. The zero-order chi connectivity index (χ0) is 25.0. The van der Waals surface area contributed by atoms with Gasteiger partial charge in [-0.1, -0.05) is 30.3 Å². The number of amides is 1. The maximum atomic E-state index is 13.1. The van der Waals surface area contributed by atoms with Gasteiger partial charge in [-0.3, -0.25) is 9.78 Å². The highest BCUT2D eigenvalue weighted by Gasteiger charge is 2.12. The second-order valence-corrected chi connectivity index (χ2v) is 8.65. The number of pyridine rings is 2. The van der Waals surface area contributed by atoms with Crippen LogP contribution in [0, 0.1) is 0 Å². The normalized spacial score (nSPS) is 10.6. The molecule has 1 N–H and O–H groups in total. The maximum absolute atomic E-state index is 13.1. The van der Waals surface area contributed by atoms with Gasteiger partial charge in [0.05, 0.1) is 11.4 Å². The molecular weight excluding hydrogens is 496 g/mol. The Morgan fingerprint density at radius 2 is 1.63 bits per heavy atom. The molecule has 0 saturated heterocycles. The van der Waals surface area contributed by atoms with Crippen molar-refractivity contribution >= 4 is 17.2 Å². The molecule has 0 aliphatic heterocycles. The van der Waals surface area contributed by atoms with Crippen LogP contribution >= 0.6 is 0 Å². The molecule has 0 saturated carbocycles. The molecule has 6 rings (SSSR count). The zero-order valence-corrected chi connectivity index (χ0v) is 21.0. The van der Waals surface area contributed by atoms with Crippen molar-refractivity contribution in [1.29, 1.82) is 0 Å². The van der Waals surface area contributed by atoms with Crippen molar-refractivity contribution in [3.05, 3.63) is 133 Å². The van der Waals surface area contributed by atoms with E-state index in [0.717, 1.165) is 33.7 Å². The molecule has 0 radical (unpaired) electrons. The lowest BCUT2D eigenvalue weighted by atomic mass is 10.1. The van der Waals surface area contributed by atoms with Gasteiger partial charge in [-0.25, -0.2) is 14.1 Å². The Labute approximate surface area is 225 Å². The van der Waals surface area contributed by atoms with E-state index in [2.05, 4.69) is 19.9 Å². The third kappa shape index (κ3) is 5.28. The molecule has 4 aromatic heterocycles. The minimum Gasteiger partial charge on any atom is -1.00 e. The van der Waals surface area contributed by atoms with Crippen molar-refractivity contribution in [1.82, 2.24) is 19.6 Å². The molecule has 0 spiro atoms. The molecular formula is C30H23ClN6O. The number of halogens is 1. The Bertz CT molecular complexity index is 1700. The van der Waals surface area contributed by atoms with E-state index >= 15 is 0 Å². The topological polar surface area (TPSA) is 76.1 Å². The summed E-state index contributed by atoms with van der Waals surface area (Å²) in [5.41, 5.74) is 6.71. The molecule has 6 aromatic rings. The quantitative estimate of drug-likeness (QED) is 0.342. The molecule has 0 fully saturated rings. The van der Waals surface area contributed by atoms with Gasteiger partial charge in [-0.2, -0.15) is 5.10 Å². The van der Waals surface area contributed by atoms with Gasteiger partial charge in [0.1, 0.15) is 0 Å². The fraction of sp³-hybridized carbons (Fsp3) is 0.0333. The van der Waals surface area contributed by atoms with E-state index in [0.29, 0.717) is 17.8 Å². The van der Waals surface area contributed by atoms with E-state index < -0.39 is 0 Å². The Hall–Kier alpha value is -4.88. The van der Waals surface area contributed by atoms with Crippen molar-refractivity contribution in [2.45, 2.75) is 6.54 Å². The lowest BCUT2D eigenvalue weighted by Crippen LogP contribution is -3.00. The number of nitrogens with one attached hydrogen (secondary N) is 1. The Morgan fingerprint density at radius 3 is 2.47 bits per heavy atom. The Morgan fingerprint density at radius 1 is 0.816 bits per heavy atom. The minimum absolute atomic E-state index is 0. The summed E-state index contributed by atoms with van der Waals surface area (Å²) in [5, 5.41) is 7.82. The first-order valence-corrected chi connectivity index (χ1v) is 11.9. The van der Waals surface area contributed by atoms with Gasteiger partial charge < -0.3 is 17.7 Å². The van der Waals surface area contributed by atoms with Crippen LogP contribution in [0.1, 0.15) is 15.9 Å². The monoisotopic (exact) mass is 518 g/mol. The number of nitrogens with zero attached hydrogens (tertiary/aromatic N) is 5. The molecule has 0 unspecified atom stereocenters. The van der Waals surface area contributed by atoms with Crippen LogP contribution in [-0.2, 0) is 6.54 Å². The van der Waals surface area contributed by atoms with Gasteiger partial charge >= 0.3 is 0 Å². The van der Waals surface area contributed by atoms with E-state index in [-0.39, 0.29) is 18.3 Å². The van der Waals surface area contributed by atoms with E-state index in [1.807, 2.05) is 108 Å². The van der Waals surface area contributed by atoms with Crippen LogP contribution in [0.15, 0.2) is 122 Å². The number of hydrogen-bond acceptors (Lipinski definition) is 4. The van der Waals surface area contributed by atoms with E-state index in [4.69, 9.17) is 5.10 Å². The van der Waals surface area contributed by atoms with Crippen LogP contribution in [-0.4, -0.2) is 25.5 Å². The van der Waals surface area contributed by atoms with Crippen LogP contribution in [0.4, 0.5) is 5.69 Å². The van der Waals surface area contributed by atoms with Gasteiger partial charge in [0.15, 0.2) is 24.6 Å². The Balaban J connectivity index is 0.00000294. The first-order valence-electron chi connectivity index (χ1n) is 11.9. The summed E-state index contributed by atoms with van der Waals surface area (Å²) < 4.78 is 3.90. The van der Waals surface area contributed by atoms with Crippen molar-refractivity contribution in [2.24, 2.45) is 0 Å². The van der Waals surface area contributed by atoms with Crippen LogP contribution in [0.25, 0.3) is 28.2 Å². The fourth-order valence-corrected chi connectivity index (χ4v) is 4.30. The molecule has 186 valence electrons. The number of benzene rings is 2. The first kappa shape index (κ1) is 24.8. The first-order chi connectivity index (χ1) is 18.2. The molecule has 0 bridgehead atoms. The summed E-state index contributed by atoms with van der Waals surface area (Å²) in [6.07, 6.45) is 9.28. The highest BCUT2D eigenvalue weighted by atomic mass is 35.5. The summed E-state index contributed by atoms with van der Waals surface area (Å²) in [6, 6.07) is 29.1. The molecule has 2 aromatic carbocycles. The molecule has 4 heterocycles. The van der Waals surface area contributed by atoms with Crippen molar-refractivity contribution < 1.29 is 21.8 Å². The van der Waals surface area contributed by atoms with E-state index in [1.54, 1.807) is 18.6 Å². The highest BCUT2D eigenvalue weighted by Crippen LogP contribution is 2.26. The molecule has 38 heavy (non-hydrogen) atoms. The lowest BCUT2D eigenvalue weighted by Gasteiger charge is -2.09. The Kier molecular flexibility index (Phi) is 7.19. The lowest BCUT2D eigenvalue weighted by molar-refractivity contribution is -0.688. The molecule has 0 aliphatic carbocycles. The van der Waals surface area contributed by atoms with Crippen LogP contribution in [0.5, 0.6) is 0 Å². The van der Waals surface area contributed by atoms with Gasteiger partial charge in [0, 0.05) is 64.7 Å². The van der Waals surface area contributed by atoms with Crippen LogP contribution in [0.2, 0.25) is 0 Å². The number of aromatic nitrogens is 5. The fourth-order valence-electron chi connectivity index (χ4n) is 4.30. The zero-order valence-electron chi connectivity index (χ0n) is 20.3.